The summed E-state index contributed by atoms with van der Waals surface area (Å²) in [6.45, 7) is 0. The highest BCUT2D eigenvalue weighted by molar-refractivity contribution is 6.19. The van der Waals surface area contributed by atoms with Crippen molar-refractivity contribution in [2.24, 2.45) is 11.8 Å². The predicted octanol–water partition coefficient (Wildman–Crippen LogP) is 0.471. The van der Waals surface area contributed by atoms with Gasteiger partial charge in [0.1, 0.15) is 0 Å². The Balaban J connectivity index is 2.10. The molecule has 1 heterocycles. The second kappa shape index (κ2) is 2.01. The van der Waals surface area contributed by atoms with Gasteiger partial charge in [0.05, 0.1) is 0 Å². The standard InChI is InChI=1S/C9H9NO3/c11-8-5-2-1-4-3-6(4)7(5)9(12)10(8)13/h4,6,13H,1-3H2. The number of fused-ring (bicyclic) bond motifs is 2. The molecule has 3 rings (SSSR count). The molecule has 0 aromatic heterocycles. The Bertz CT molecular complexity index is 358. The van der Waals surface area contributed by atoms with Crippen LogP contribution in [0.5, 0.6) is 0 Å². The van der Waals surface area contributed by atoms with Gasteiger partial charge in [0, 0.05) is 11.1 Å². The van der Waals surface area contributed by atoms with Crippen molar-refractivity contribution in [1.82, 2.24) is 5.06 Å². The minimum atomic E-state index is -0.495. The van der Waals surface area contributed by atoms with E-state index in [1.54, 1.807) is 0 Å². The van der Waals surface area contributed by atoms with Crippen LogP contribution in [0.15, 0.2) is 11.1 Å². The van der Waals surface area contributed by atoms with Gasteiger partial charge < -0.3 is 0 Å². The Hall–Kier alpha value is -1.16. The molecule has 0 saturated heterocycles. The molecule has 2 atom stereocenters. The van der Waals surface area contributed by atoms with E-state index >= 15 is 0 Å². The summed E-state index contributed by atoms with van der Waals surface area (Å²) in [4.78, 5) is 22.7. The summed E-state index contributed by atoms with van der Waals surface area (Å²) < 4.78 is 0. The molecular formula is C9H9NO3. The van der Waals surface area contributed by atoms with Gasteiger partial charge in [-0.1, -0.05) is 0 Å². The number of imide groups is 1. The smallest absolute Gasteiger partial charge is 0.278 e. The molecular weight excluding hydrogens is 170 g/mol. The number of amides is 2. The van der Waals surface area contributed by atoms with Gasteiger partial charge in [-0.2, -0.15) is 0 Å². The third-order valence-corrected chi connectivity index (χ3v) is 3.26. The zero-order valence-electron chi connectivity index (χ0n) is 6.99. The molecule has 0 bridgehead atoms. The Kier molecular flexibility index (Phi) is 1.12. The maximum absolute atomic E-state index is 11.4. The van der Waals surface area contributed by atoms with Crippen LogP contribution in [-0.2, 0) is 9.59 Å². The summed E-state index contributed by atoms with van der Waals surface area (Å²) in [6, 6.07) is 0. The highest BCUT2D eigenvalue weighted by Crippen LogP contribution is 2.54. The Morgan fingerprint density at radius 3 is 2.85 bits per heavy atom. The fraction of sp³-hybridized carbons (Fsp3) is 0.556. The molecule has 68 valence electrons. The van der Waals surface area contributed by atoms with Crippen molar-refractivity contribution in [3.63, 3.8) is 0 Å². The summed E-state index contributed by atoms with van der Waals surface area (Å²) in [6.07, 6.45) is 2.68. The second-order valence-corrected chi connectivity index (χ2v) is 3.96. The summed E-state index contributed by atoms with van der Waals surface area (Å²) in [5.41, 5.74) is 1.16. The average Bonchev–Trinajstić information content (AvgIpc) is 2.87. The van der Waals surface area contributed by atoms with Crippen molar-refractivity contribution in [3.8, 4) is 0 Å². The van der Waals surface area contributed by atoms with E-state index in [2.05, 4.69) is 0 Å². The molecule has 4 heteroatoms. The predicted molar refractivity (Wildman–Crippen MR) is 41.5 cm³/mol. The molecule has 3 aliphatic rings. The SMILES string of the molecule is O=C1C2=C(C(=O)N1O)C1CC1CC2. The van der Waals surface area contributed by atoms with Crippen LogP contribution in [0, 0.1) is 11.8 Å². The van der Waals surface area contributed by atoms with E-state index in [0.29, 0.717) is 23.5 Å². The molecule has 2 unspecified atom stereocenters. The molecule has 1 saturated carbocycles. The minimum Gasteiger partial charge on any atom is -0.278 e. The number of hydroxylamine groups is 2. The molecule has 1 N–H and O–H groups in total. The number of carbonyl (C=O) groups excluding carboxylic acids is 2. The van der Waals surface area contributed by atoms with Crippen molar-refractivity contribution in [3.05, 3.63) is 11.1 Å². The molecule has 2 amide bonds. The van der Waals surface area contributed by atoms with Crippen LogP contribution >= 0.6 is 0 Å². The summed E-state index contributed by atoms with van der Waals surface area (Å²) in [5.74, 6) is -0.100. The third kappa shape index (κ3) is 0.740. The first-order chi connectivity index (χ1) is 6.20. The lowest BCUT2D eigenvalue weighted by Crippen LogP contribution is -2.27. The van der Waals surface area contributed by atoms with Crippen molar-refractivity contribution in [2.75, 3.05) is 0 Å². The normalized spacial score (nSPS) is 36.5. The van der Waals surface area contributed by atoms with Crippen LogP contribution in [0.25, 0.3) is 0 Å². The summed E-state index contributed by atoms with van der Waals surface area (Å²) in [7, 11) is 0. The highest BCUT2D eigenvalue weighted by atomic mass is 16.5. The van der Waals surface area contributed by atoms with Crippen molar-refractivity contribution in [2.45, 2.75) is 19.3 Å². The summed E-state index contributed by atoms with van der Waals surface area (Å²) >= 11 is 0. The molecule has 0 aromatic carbocycles. The van der Waals surface area contributed by atoms with E-state index in [4.69, 9.17) is 5.21 Å². The second-order valence-electron chi connectivity index (χ2n) is 3.96. The molecule has 0 spiro atoms. The summed E-state index contributed by atoms with van der Waals surface area (Å²) in [5, 5.41) is 9.40. The maximum Gasteiger partial charge on any atom is 0.281 e. The van der Waals surface area contributed by atoms with Crippen LogP contribution in [0.3, 0.4) is 0 Å². The average molecular weight is 179 g/mol. The van der Waals surface area contributed by atoms with Gasteiger partial charge in [-0.05, 0) is 31.1 Å². The van der Waals surface area contributed by atoms with Crippen LogP contribution < -0.4 is 0 Å². The zero-order chi connectivity index (χ0) is 9.16. The first-order valence-electron chi connectivity index (χ1n) is 4.51. The van der Waals surface area contributed by atoms with E-state index < -0.39 is 11.8 Å². The largest absolute Gasteiger partial charge is 0.281 e. The van der Waals surface area contributed by atoms with E-state index in [1.807, 2.05) is 0 Å². The van der Waals surface area contributed by atoms with Gasteiger partial charge in [0.15, 0.2) is 0 Å². The van der Waals surface area contributed by atoms with Gasteiger partial charge in [0.2, 0.25) is 0 Å². The van der Waals surface area contributed by atoms with Crippen molar-refractivity contribution < 1.29 is 14.8 Å². The lowest BCUT2D eigenvalue weighted by molar-refractivity contribution is -0.170. The van der Waals surface area contributed by atoms with Gasteiger partial charge >= 0.3 is 0 Å². The van der Waals surface area contributed by atoms with E-state index in [0.717, 1.165) is 12.8 Å². The number of hydrogen-bond donors (Lipinski definition) is 1. The van der Waals surface area contributed by atoms with Crippen LogP contribution in [0.1, 0.15) is 19.3 Å². The van der Waals surface area contributed by atoms with E-state index in [-0.39, 0.29) is 11.0 Å². The van der Waals surface area contributed by atoms with Crippen molar-refractivity contribution in [1.29, 1.82) is 0 Å². The molecule has 2 aliphatic carbocycles. The molecule has 4 nitrogen and oxygen atoms in total. The maximum atomic E-state index is 11.4. The lowest BCUT2D eigenvalue weighted by atomic mass is 9.93. The quantitative estimate of drug-likeness (QED) is 0.434. The fourth-order valence-electron chi connectivity index (χ4n) is 2.45. The molecule has 1 aliphatic heterocycles. The lowest BCUT2D eigenvalue weighted by Gasteiger charge is -2.07. The Morgan fingerprint density at radius 2 is 2.08 bits per heavy atom. The van der Waals surface area contributed by atoms with Gasteiger partial charge in [0.25, 0.3) is 11.8 Å². The monoisotopic (exact) mass is 179 g/mol. The zero-order valence-corrected chi connectivity index (χ0v) is 6.99. The van der Waals surface area contributed by atoms with Crippen LogP contribution in [0.4, 0.5) is 0 Å². The Labute approximate surface area is 74.8 Å². The number of hydrogen-bond acceptors (Lipinski definition) is 3. The number of nitrogens with zero attached hydrogens (tertiary/aromatic N) is 1. The molecule has 0 aromatic rings. The van der Waals surface area contributed by atoms with Gasteiger partial charge in [-0.3, -0.25) is 14.8 Å². The van der Waals surface area contributed by atoms with Crippen molar-refractivity contribution >= 4 is 11.8 Å². The highest BCUT2D eigenvalue weighted by Gasteiger charge is 2.52. The fourth-order valence-corrected chi connectivity index (χ4v) is 2.45. The number of rotatable bonds is 0. The minimum absolute atomic E-state index is 0.269. The number of carbonyl (C=O) groups is 2. The van der Waals surface area contributed by atoms with Crippen LogP contribution in [0.2, 0.25) is 0 Å². The van der Waals surface area contributed by atoms with E-state index in [1.165, 1.54) is 0 Å². The van der Waals surface area contributed by atoms with Gasteiger partial charge in [-0.15, -0.1) is 5.06 Å². The Morgan fingerprint density at radius 1 is 1.31 bits per heavy atom. The third-order valence-electron chi connectivity index (χ3n) is 3.26. The first-order valence-corrected chi connectivity index (χ1v) is 4.51. The van der Waals surface area contributed by atoms with Crippen LogP contribution in [-0.4, -0.2) is 22.1 Å². The van der Waals surface area contributed by atoms with Gasteiger partial charge in [-0.25, -0.2) is 0 Å². The van der Waals surface area contributed by atoms with E-state index in [9.17, 15) is 9.59 Å². The molecule has 1 fully saturated rings. The topological polar surface area (TPSA) is 57.6 Å². The molecule has 13 heavy (non-hydrogen) atoms. The first kappa shape index (κ1) is 7.26. The molecule has 0 radical (unpaired) electrons.